The number of carbonyl (C=O) groups excluding carboxylic acids is 1. The molecule has 1 aromatic carbocycles. The van der Waals surface area contributed by atoms with E-state index in [1.165, 1.54) is 11.8 Å². The van der Waals surface area contributed by atoms with Gasteiger partial charge in [-0.15, -0.1) is 0 Å². The second-order valence-electron chi connectivity index (χ2n) is 6.17. The van der Waals surface area contributed by atoms with Gasteiger partial charge in [0.2, 0.25) is 0 Å². The molecule has 4 aromatic rings. The van der Waals surface area contributed by atoms with Crippen molar-refractivity contribution in [3.8, 4) is 33.9 Å². The number of nitrogens with zero attached hydrogens (tertiary/aromatic N) is 3. The minimum atomic E-state index is 0.0755. The fourth-order valence-corrected chi connectivity index (χ4v) is 3.47. The zero-order valence-electron chi connectivity index (χ0n) is 15.2. The van der Waals surface area contributed by atoms with Crippen molar-refractivity contribution in [2.45, 2.75) is 11.8 Å². The first kappa shape index (κ1) is 18.1. The molecule has 0 amide bonds. The van der Waals surface area contributed by atoms with E-state index in [-0.39, 0.29) is 5.12 Å². The molecule has 0 atom stereocenters. The van der Waals surface area contributed by atoms with Gasteiger partial charge in [0.1, 0.15) is 0 Å². The van der Waals surface area contributed by atoms with E-state index in [2.05, 4.69) is 9.97 Å². The Morgan fingerprint density at radius 2 is 1.29 bits per heavy atom. The minimum absolute atomic E-state index is 0.0755. The van der Waals surface area contributed by atoms with Crippen LogP contribution in [-0.2, 0) is 4.79 Å². The molecule has 0 saturated heterocycles. The lowest BCUT2D eigenvalue weighted by molar-refractivity contribution is -0.109. The Morgan fingerprint density at radius 3 is 1.75 bits per heavy atom. The Hall–Kier alpha value is -3.31. The highest BCUT2D eigenvalue weighted by molar-refractivity contribution is 8.13. The van der Waals surface area contributed by atoms with Crippen LogP contribution in [0.4, 0.5) is 0 Å². The number of benzene rings is 1. The smallest absolute Gasteiger partial charge is 0.190 e. The van der Waals surface area contributed by atoms with Gasteiger partial charge in [0.15, 0.2) is 5.12 Å². The van der Waals surface area contributed by atoms with Crippen LogP contribution in [-0.4, -0.2) is 20.1 Å². The van der Waals surface area contributed by atoms with Crippen LogP contribution in [0.1, 0.15) is 6.92 Å². The number of hydrogen-bond acceptors (Lipinski definition) is 5. The first-order chi connectivity index (χ1) is 13.7. The van der Waals surface area contributed by atoms with E-state index in [0.29, 0.717) is 0 Å². The van der Waals surface area contributed by atoms with Gasteiger partial charge in [-0.2, -0.15) is 0 Å². The molecule has 0 aliphatic rings. The summed E-state index contributed by atoms with van der Waals surface area (Å²) in [6.45, 7) is 1.57. The zero-order chi connectivity index (χ0) is 19.3. The predicted molar refractivity (Wildman–Crippen MR) is 113 cm³/mol. The summed E-state index contributed by atoms with van der Waals surface area (Å²) in [5.41, 5.74) is 5.28. The molecule has 0 unspecified atom stereocenters. The quantitative estimate of drug-likeness (QED) is 0.435. The average Bonchev–Trinajstić information content (AvgIpc) is 2.75. The molecule has 28 heavy (non-hydrogen) atoms. The van der Waals surface area contributed by atoms with Crippen molar-refractivity contribution in [1.29, 1.82) is 0 Å². The first-order valence-electron chi connectivity index (χ1n) is 8.83. The molecule has 4 rings (SSSR count). The van der Waals surface area contributed by atoms with Crippen molar-refractivity contribution in [2.75, 3.05) is 0 Å². The molecule has 4 nitrogen and oxygen atoms in total. The normalized spacial score (nSPS) is 10.6. The molecule has 0 bridgehead atoms. The van der Waals surface area contributed by atoms with Crippen LogP contribution in [0.5, 0.6) is 0 Å². The molecule has 0 fully saturated rings. The number of hydrogen-bond donors (Lipinski definition) is 0. The van der Waals surface area contributed by atoms with Gasteiger partial charge in [0.05, 0.1) is 22.8 Å². The molecule has 0 aliphatic heterocycles. The van der Waals surface area contributed by atoms with Crippen molar-refractivity contribution < 1.29 is 4.79 Å². The predicted octanol–water partition coefficient (Wildman–Crippen LogP) is 5.51. The molecule has 0 N–H and O–H groups in total. The van der Waals surface area contributed by atoms with Gasteiger partial charge in [-0.05, 0) is 59.7 Å². The van der Waals surface area contributed by atoms with Crippen LogP contribution >= 0.6 is 11.8 Å². The van der Waals surface area contributed by atoms with Crippen LogP contribution in [0.25, 0.3) is 33.9 Å². The minimum Gasteiger partial charge on any atom is -0.287 e. The summed E-state index contributed by atoms with van der Waals surface area (Å²) in [6.07, 6.45) is 3.52. The molecular formula is C23H17N3OS. The highest BCUT2D eigenvalue weighted by Gasteiger charge is 2.10. The molecule has 0 aliphatic carbocycles. The van der Waals surface area contributed by atoms with E-state index < -0.39 is 0 Å². The Kier molecular flexibility index (Phi) is 5.26. The molecular weight excluding hydrogens is 366 g/mol. The molecule has 136 valence electrons. The van der Waals surface area contributed by atoms with E-state index in [1.807, 2.05) is 72.8 Å². The lowest BCUT2D eigenvalue weighted by Gasteiger charge is -2.10. The summed E-state index contributed by atoms with van der Waals surface area (Å²) in [5, 5.41) is 0.0755. The summed E-state index contributed by atoms with van der Waals surface area (Å²) in [7, 11) is 0. The fraction of sp³-hybridized carbons (Fsp3) is 0.0435. The molecule has 0 spiro atoms. The van der Waals surface area contributed by atoms with Crippen LogP contribution in [0.3, 0.4) is 0 Å². The maximum Gasteiger partial charge on any atom is 0.190 e. The lowest BCUT2D eigenvalue weighted by atomic mass is 10.0. The van der Waals surface area contributed by atoms with Gasteiger partial charge in [0, 0.05) is 24.2 Å². The SMILES string of the molecule is CC(=O)Sc1ccc(-c2cc(-c3ccccn3)nc(-c3ccccn3)c2)cc1. The van der Waals surface area contributed by atoms with E-state index >= 15 is 0 Å². The van der Waals surface area contributed by atoms with Crippen LogP contribution in [0, 0.1) is 0 Å². The van der Waals surface area contributed by atoms with E-state index in [9.17, 15) is 4.79 Å². The molecule has 3 aromatic heterocycles. The number of rotatable bonds is 4. The Morgan fingerprint density at radius 1 is 0.714 bits per heavy atom. The zero-order valence-corrected chi connectivity index (χ0v) is 16.1. The number of pyridine rings is 3. The summed E-state index contributed by atoms with van der Waals surface area (Å²) in [4.78, 5) is 25.9. The van der Waals surface area contributed by atoms with Gasteiger partial charge in [0.25, 0.3) is 0 Å². The van der Waals surface area contributed by atoms with Gasteiger partial charge in [-0.1, -0.05) is 36.0 Å². The van der Waals surface area contributed by atoms with E-state index in [4.69, 9.17) is 4.98 Å². The van der Waals surface area contributed by atoms with Crippen molar-refractivity contribution in [1.82, 2.24) is 15.0 Å². The van der Waals surface area contributed by atoms with Crippen molar-refractivity contribution in [3.63, 3.8) is 0 Å². The Labute approximate surface area is 167 Å². The Bertz CT molecular complexity index is 1040. The molecule has 5 heteroatoms. The van der Waals surface area contributed by atoms with Crippen LogP contribution in [0.15, 0.2) is 90.1 Å². The van der Waals surface area contributed by atoms with Crippen molar-refractivity contribution in [2.24, 2.45) is 0 Å². The topological polar surface area (TPSA) is 55.7 Å². The van der Waals surface area contributed by atoms with Crippen molar-refractivity contribution in [3.05, 3.63) is 85.2 Å². The maximum atomic E-state index is 11.3. The highest BCUT2D eigenvalue weighted by atomic mass is 32.2. The lowest BCUT2D eigenvalue weighted by Crippen LogP contribution is -1.93. The summed E-state index contributed by atoms with van der Waals surface area (Å²) in [5.74, 6) is 0. The summed E-state index contributed by atoms with van der Waals surface area (Å²) in [6, 6.07) is 23.6. The van der Waals surface area contributed by atoms with Crippen molar-refractivity contribution >= 4 is 16.9 Å². The van der Waals surface area contributed by atoms with Crippen LogP contribution in [0.2, 0.25) is 0 Å². The molecule has 0 radical (unpaired) electrons. The summed E-state index contributed by atoms with van der Waals surface area (Å²) < 4.78 is 0. The fourth-order valence-electron chi connectivity index (χ4n) is 2.87. The molecule has 3 heterocycles. The third-order valence-corrected chi connectivity index (χ3v) is 4.92. The Balaban J connectivity index is 1.81. The molecule has 0 saturated carbocycles. The standard InChI is InChI=1S/C23H17N3OS/c1-16(27)28-19-10-8-17(9-11-19)18-14-22(20-6-2-4-12-24-20)26-23(15-18)21-7-3-5-13-25-21/h2-15H,1H3. The van der Waals surface area contributed by atoms with Gasteiger partial charge >= 0.3 is 0 Å². The summed E-state index contributed by atoms with van der Waals surface area (Å²) >= 11 is 1.23. The first-order valence-corrected chi connectivity index (χ1v) is 9.64. The second-order valence-corrected chi connectivity index (χ2v) is 7.42. The maximum absolute atomic E-state index is 11.3. The van der Waals surface area contributed by atoms with E-state index in [0.717, 1.165) is 38.8 Å². The van der Waals surface area contributed by atoms with E-state index in [1.54, 1.807) is 19.3 Å². The number of aromatic nitrogens is 3. The largest absolute Gasteiger partial charge is 0.287 e. The number of thioether (sulfide) groups is 1. The monoisotopic (exact) mass is 383 g/mol. The van der Waals surface area contributed by atoms with Gasteiger partial charge in [-0.25, -0.2) is 4.98 Å². The second kappa shape index (κ2) is 8.15. The third kappa shape index (κ3) is 4.15. The highest BCUT2D eigenvalue weighted by Crippen LogP contribution is 2.30. The van der Waals surface area contributed by atoms with Gasteiger partial charge in [-0.3, -0.25) is 14.8 Å². The average molecular weight is 383 g/mol. The third-order valence-electron chi connectivity index (χ3n) is 4.13. The van der Waals surface area contributed by atoms with Gasteiger partial charge < -0.3 is 0 Å². The van der Waals surface area contributed by atoms with Crippen LogP contribution < -0.4 is 0 Å². The number of carbonyl (C=O) groups is 1.